The van der Waals surface area contributed by atoms with Crippen LogP contribution in [0, 0.1) is 0 Å². The van der Waals surface area contributed by atoms with E-state index in [1.807, 2.05) is 19.2 Å². The molecule has 2 N–H and O–H groups in total. The highest BCUT2D eigenvalue weighted by Gasteiger charge is 2.25. The van der Waals surface area contributed by atoms with E-state index < -0.39 is 13.0 Å². The lowest BCUT2D eigenvalue weighted by molar-refractivity contribution is 0.0187. The molecule has 0 radical (unpaired) electrons. The molecule has 0 aliphatic rings. The summed E-state index contributed by atoms with van der Waals surface area (Å²) >= 11 is 1.51. The maximum absolute atomic E-state index is 11.9. The van der Waals surface area contributed by atoms with E-state index in [4.69, 9.17) is 10.5 Å². The van der Waals surface area contributed by atoms with Crippen LogP contribution in [0.15, 0.2) is 5.38 Å². The second-order valence-corrected chi connectivity index (χ2v) is 5.15. The van der Waals surface area contributed by atoms with Gasteiger partial charge in [-0.3, -0.25) is 0 Å². The number of ether oxygens (including phenoxy) is 1. The maximum atomic E-state index is 11.9. The zero-order chi connectivity index (χ0) is 13.6. The average Bonchev–Trinajstić information content (AvgIpc) is 2.83. The Hall–Kier alpha value is -0.590. The molecule has 0 bridgehead atoms. The van der Waals surface area contributed by atoms with Gasteiger partial charge in [0.15, 0.2) is 0 Å². The Labute approximate surface area is 110 Å². The van der Waals surface area contributed by atoms with Crippen LogP contribution in [0.5, 0.6) is 0 Å². The lowest BCUT2D eigenvalue weighted by atomic mass is 9.91. The highest BCUT2D eigenvalue weighted by Crippen LogP contribution is 2.26. The van der Waals surface area contributed by atoms with Crippen molar-refractivity contribution in [2.45, 2.75) is 45.1 Å². The van der Waals surface area contributed by atoms with Crippen molar-refractivity contribution in [1.29, 1.82) is 0 Å². The minimum absolute atomic E-state index is 0.271. The van der Waals surface area contributed by atoms with E-state index in [-0.39, 0.29) is 12.1 Å². The molecule has 0 unspecified atom stereocenters. The summed E-state index contributed by atoms with van der Waals surface area (Å²) in [7, 11) is 0. The van der Waals surface area contributed by atoms with Crippen LogP contribution < -0.4 is 5.73 Å². The molecule has 1 aromatic heterocycles. The molecule has 1 heterocycles. The first-order valence-corrected chi connectivity index (χ1v) is 6.99. The van der Waals surface area contributed by atoms with Crippen molar-refractivity contribution in [3.8, 4) is 0 Å². The van der Waals surface area contributed by atoms with Crippen molar-refractivity contribution < 1.29 is 13.5 Å². The van der Waals surface area contributed by atoms with E-state index in [0.717, 1.165) is 23.5 Å². The summed E-state index contributed by atoms with van der Waals surface area (Å²) in [5.41, 5.74) is 6.75. The number of alkyl halides is 2. The van der Waals surface area contributed by atoms with Crippen LogP contribution in [0.4, 0.5) is 8.78 Å². The van der Waals surface area contributed by atoms with Gasteiger partial charge in [-0.1, -0.05) is 13.8 Å². The van der Waals surface area contributed by atoms with Gasteiger partial charge < -0.3 is 10.5 Å². The third-order valence-corrected chi connectivity index (χ3v) is 3.94. The van der Waals surface area contributed by atoms with Crippen LogP contribution in [0.25, 0.3) is 0 Å². The minimum atomic E-state index is -2.41. The van der Waals surface area contributed by atoms with Gasteiger partial charge in [-0.15, -0.1) is 11.3 Å². The summed E-state index contributed by atoms with van der Waals surface area (Å²) in [4.78, 5) is 4.47. The number of nitrogens with zero attached hydrogens (tertiary/aromatic N) is 1. The van der Waals surface area contributed by atoms with Gasteiger partial charge in [-0.2, -0.15) is 0 Å². The summed E-state index contributed by atoms with van der Waals surface area (Å²) in [5.74, 6) is 0. The molecule has 0 atom stereocenters. The molecular formula is C12H20F2N2OS. The number of hydrogen-bond donors (Lipinski definition) is 1. The highest BCUT2D eigenvalue weighted by atomic mass is 32.1. The van der Waals surface area contributed by atoms with Crippen molar-refractivity contribution in [1.82, 2.24) is 4.98 Å². The Morgan fingerprint density at radius 2 is 2.11 bits per heavy atom. The molecule has 104 valence electrons. The van der Waals surface area contributed by atoms with Gasteiger partial charge in [-0.25, -0.2) is 13.8 Å². The fraction of sp³-hybridized carbons (Fsp3) is 0.750. The van der Waals surface area contributed by atoms with Gasteiger partial charge in [0.2, 0.25) is 0 Å². The van der Waals surface area contributed by atoms with Crippen LogP contribution >= 0.6 is 11.3 Å². The van der Waals surface area contributed by atoms with E-state index in [0.29, 0.717) is 6.42 Å². The topological polar surface area (TPSA) is 48.1 Å². The van der Waals surface area contributed by atoms with Crippen LogP contribution in [0.3, 0.4) is 0 Å². The van der Waals surface area contributed by atoms with Crippen LogP contribution in [-0.4, -0.2) is 24.6 Å². The normalized spacial score (nSPS) is 12.3. The molecule has 0 saturated heterocycles. The number of thiazole rings is 1. The average molecular weight is 278 g/mol. The lowest BCUT2D eigenvalue weighted by Gasteiger charge is -2.24. The standard InChI is InChI=1S/C12H20F2N2OS/c1-3-12(15,4-2)9-8-18-11(16-9)5-6-17-7-10(13)14/h8,10H,3-7,15H2,1-2H3. The van der Waals surface area contributed by atoms with Crippen molar-refractivity contribution in [3.63, 3.8) is 0 Å². The largest absolute Gasteiger partial charge is 0.375 e. The molecule has 1 aromatic rings. The van der Waals surface area contributed by atoms with Gasteiger partial charge in [0.1, 0.15) is 6.61 Å². The molecule has 0 spiro atoms. The minimum Gasteiger partial charge on any atom is -0.375 e. The van der Waals surface area contributed by atoms with E-state index in [1.165, 1.54) is 11.3 Å². The predicted octanol–water partition coefficient (Wildman–Crippen LogP) is 2.94. The quantitative estimate of drug-likeness (QED) is 0.744. The van der Waals surface area contributed by atoms with Gasteiger partial charge in [-0.05, 0) is 12.8 Å². The Balaban J connectivity index is 2.48. The molecular weight excluding hydrogens is 258 g/mol. The molecule has 3 nitrogen and oxygen atoms in total. The van der Waals surface area contributed by atoms with E-state index >= 15 is 0 Å². The second-order valence-electron chi connectivity index (χ2n) is 4.21. The third kappa shape index (κ3) is 4.26. The Kier molecular flexibility index (Phi) is 6.11. The van der Waals surface area contributed by atoms with Crippen LogP contribution in [-0.2, 0) is 16.7 Å². The predicted molar refractivity (Wildman–Crippen MR) is 69.1 cm³/mol. The number of nitrogens with two attached hydrogens (primary N) is 1. The number of rotatable bonds is 8. The first kappa shape index (κ1) is 15.5. The zero-order valence-corrected chi connectivity index (χ0v) is 11.6. The summed E-state index contributed by atoms with van der Waals surface area (Å²) in [6, 6.07) is 0. The Morgan fingerprint density at radius 3 is 2.67 bits per heavy atom. The van der Waals surface area contributed by atoms with Crippen molar-refractivity contribution in [2.24, 2.45) is 5.73 Å². The summed E-state index contributed by atoms with van der Waals surface area (Å²) in [5, 5.41) is 2.84. The van der Waals surface area contributed by atoms with E-state index in [1.54, 1.807) is 0 Å². The first-order chi connectivity index (χ1) is 8.51. The van der Waals surface area contributed by atoms with Gasteiger partial charge >= 0.3 is 0 Å². The molecule has 0 aliphatic heterocycles. The fourth-order valence-electron chi connectivity index (χ4n) is 1.60. The molecule has 0 fully saturated rings. The monoisotopic (exact) mass is 278 g/mol. The number of halogens is 2. The van der Waals surface area contributed by atoms with Crippen molar-refractivity contribution >= 4 is 11.3 Å². The van der Waals surface area contributed by atoms with Gasteiger partial charge in [0.25, 0.3) is 6.43 Å². The molecule has 0 aliphatic carbocycles. The Morgan fingerprint density at radius 1 is 1.44 bits per heavy atom. The third-order valence-electron chi connectivity index (χ3n) is 3.03. The molecule has 1 rings (SSSR count). The molecule has 6 heteroatoms. The van der Waals surface area contributed by atoms with Crippen molar-refractivity contribution in [2.75, 3.05) is 13.2 Å². The molecule has 18 heavy (non-hydrogen) atoms. The second kappa shape index (κ2) is 7.11. The first-order valence-electron chi connectivity index (χ1n) is 6.11. The van der Waals surface area contributed by atoms with E-state index in [2.05, 4.69) is 4.98 Å². The summed E-state index contributed by atoms with van der Waals surface area (Å²) in [6.45, 7) is 3.83. The zero-order valence-electron chi connectivity index (χ0n) is 10.8. The number of aromatic nitrogens is 1. The molecule has 0 saturated carbocycles. The Bertz CT molecular complexity index is 354. The van der Waals surface area contributed by atoms with E-state index in [9.17, 15) is 8.78 Å². The highest BCUT2D eigenvalue weighted by molar-refractivity contribution is 7.09. The van der Waals surface area contributed by atoms with Crippen LogP contribution in [0.1, 0.15) is 37.4 Å². The molecule has 0 amide bonds. The van der Waals surface area contributed by atoms with Gasteiger partial charge in [0.05, 0.1) is 22.8 Å². The van der Waals surface area contributed by atoms with Crippen molar-refractivity contribution in [3.05, 3.63) is 16.1 Å². The number of hydrogen-bond acceptors (Lipinski definition) is 4. The lowest BCUT2D eigenvalue weighted by Crippen LogP contribution is -2.35. The summed E-state index contributed by atoms with van der Waals surface area (Å²) < 4.78 is 28.5. The van der Waals surface area contributed by atoms with Gasteiger partial charge in [0, 0.05) is 11.8 Å². The SMILES string of the molecule is CCC(N)(CC)c1csc(CCOCC(F)F)n1. The van der Waals surface area contributed by atoms with Crippen LogP contribution in [0.2, 0.25) is 0 Å². The fourth-order valence-corrected chi connectivity index (χ4v) is 2.49. The molecule has 0 aromatic carbocycles. The maximum Gasteiger partial charge on any atom is 0.261 e. The summed E-state index contributed by atoms with van der Waals surface area (Å²) in [6.07, 6.45) is -0.196. The smallest absolute Gasteiger partial charge is 0.261 e.